The molecule has 2 rings (SSSR count). The number of hydrogen-bond acceptors (Lipinski definition) is 2. The summed E-state index contributed by atoms with van der Waals surface area (Å²) < 4.78 is 0. The van der Waals surface area contributed by atoms with Crippen LogP contribution in [0.25, 0.3) is 11.1 Å². The van der Waals surface area contributed by atoms with Crippen LogP contribution in [0.15, 0.2) is 54.6 Å². The Hall–Kier alpha value is -2.29. The van der Waals surface area contributed by atoms with Crippen molar-refractivity contribution in [3.05, 3.63) is 54.6 Å². The molecule has 0 amide bonds. The quantitative estimate of drug-likeness (QED) is 0.705. The Labute approximate surface area is 125 Å². The summed E-state index contributed by atoms with van der Waals surface area (Å²) in [6.45, 7) is 0.865. The predicted octanol–water partition coefficient (Wildman–Crippen LogP) is 4.41. The molecule has 0 unspecified atom stereocenters. The first-order valence-corrected chi connectivity index (χ1v) is 7.37. The third-order valence-electron chi connectivity index (χ3n) is 3.39. The molecule has 0 saturated heterocycles. The largest absolute Gasteiger partial charge is 0.481 e. The van der Waals surface area contributed by atoms with Gasteiger partial charge in [0, 0.05) is 24.2 Å². The van der Waals surface area contributed by atoms with Crippen LogP contribution in [0.3, 0.4) is 0 Å². The van der Waals surface area contributed by atoms with Crippen LogP contribution in [0.2, 0.25) is 0 Å². The van der Waals surface area contributed by atoms with E-state index in [9.17, 15) is 4.79 Å². The minimum atomic E-state index is -0.711. The van der Waals surface area contributed by atoms with Crippen molar-refractivity contribution in [2.75, 3.05) is 11.9 Å². The summed E-state index contributed by atoms with van der Waals surface area (Å²) in [5, 5.41) is 12.0. The van der Waals surface area contributed by atoms with Crippen molar-refractivity contribution in [1.82, 2.24) is 0 Å². The van der Waals surface area contributed by atoms with Crippen molar-refractivity contribution in [3.8, 4) is 11.1 Å². The van der Waals surface area contributed by atoms with Gasteiger partial charge in [0.1, 0.15) is 0 Å². The lowest BCUT2D eigenvalue weighted by atomic mass is 10.0. The number of unbranched alkanes of at least 4 members (excludes halogenated alkanes) is 2. The Bertz CT molecular complexity index is 566. The monoisotopic (exact) mass is 283 g/mol. The van der Waals surface area contributed by atoms with E-state index in [-0.39, 0.29) is 6.42 Å². The zero-order valence-corrected chi connectivity index (χ0v) is 12.1. The first-order valence-electron chi connectivity index (χ1n) is 7.37. The summed E-state index contributed by atoms with van der Waals surface area (Å²) in [6, 6.07) is 18.6. The van der Waals surface area contributed by atoms with Crippen LogP contribution in [0, 0.1) is 0 Å². The number of para-hydroxylation sites is 1. The van der Waals surface area contributed by atoms with E-state index >= 15 is 0 Å². The van der Waals surface area contributed by atoms with Crippen molar-refractivity contribution >= 4 is 11.7 Å². The number of benzene rings is 2. The highest BCUT2D eigenvalue weighted by Crippen LogP contribution is 2.27. The van der Waals surface area contributed by atoms with Crippen molar-refractivity contribution in [2.45, 2.75) is 25.7 Å². The molecule has 0 spiro atoms. The Morgan fingerprint density at radius 2 is 1.62 bits per heavy atom. The molecule has 0 aliphatic rings. The summed E-state index contributed by atoms with van der Waals surface area (Å²) in [5.41, 5.74) is 3.53. The van der Waals surface area contributed by atoms with Gasteiger partial charge in [0.15, 0.2) is 0 Å². The second kappa shape index (κ2) is 8.10. The molecule has 3 nitrogen and oxygen atoms in total. The van der Waals surface area contributed by atoms with E-state index in [1.54, 1.807) is 0 Å². The third kappa shape index (κ3) is 4.95. The lowest BCUT2D eigenvalue weighted by Gasteiger charge is -2.12. The van der Waals surface area contributed by atoms with Gasteiger partial charge in [-0.2, -0.15) is 0 Å². The fourth-order valence-corrected chi connectivity index (χ4v) is 2.31. The summed E-state index contributed by atoms with van der Waals surface area (Å²) in [7, 11) is 0. The molecule has 0 saturated carbocycles. The van der Waals surface area contributed by atoms with E-state index < -0.39 is 5.97 Å². The number of rotatable bonds is 8. The maximum Gasteiger partial charge on any atom is 0.303 e. The number of anilines is 1. The average molecular weight is 283 g/mol. The molecule has 2 aromatic rings. The number of nitrogens with one attached hydrogen (secondary N) is 1. The Morgan fingerprint density at radius 3 is 2.38 bits per heavy atom. The second-order valence-electron chi connectivity index (χ2n) is 5.04. The second-order valence-corrected chi connectivity index (χ2v) is 5.04. The maximum absolute atomic E-state index is 10.4. The minimum Gasteiger partial charge on any atom is -0.481 e. The Kier molecular flexibility index (Phi) is 5.83. The zero-order chi connectivity index (χ0) is 14.9. The molecular formula is C18H21NO2. The summed E-state index contributed by atoms with van der Waals surface area (Å²) in [4.78, 5) is 10.4. The molecule has 0 radical (unpaired) electrons. The van der Waals surface area contributed by atoms with E-state index in [4.69, 9.17) is 5.11 Å². The molecule has 0 bridgehead atoms. The third-order valence-corrected chi connectivity index (χ3v) is 3.39. The molecule has 2 N–H and O–H groups in total. The first-order chi connectivity index (χ1) is 10.3. The summed E-state index contributed by atoms with van der Waals surface area (Å²) >= 11 is 0. The van der Waals surface area contributed by atoms with Gasteiger partial charge < -0.3 is 10.4 Å². The zero-order valence-electron chi connectivity index (χ0n) is 12.1. The van der Waals surface area contributed by atoms with E-state index in [0.717, 1.165) is 31.5 Å². The van der Waals surface area contributed by atoms with Gasteiger partial charge in [-0.05, 0) is 24.5 Å². The molecule has 0 aliphatic heterocycles. The summed E-state index contributed by atoms with van der Waals surface area (Å²) in [6.07, 6.45) is 2.93. The van der Waals surface area contributed by atoms with E-state index in [1.807, 2.05) is 30.3 Å². The van der Waals surface area contributed by atoms with Crippen molar-refractivity contribution < 1.29 is 9.90 Å². The molecule has 3 heteroatoms. The lowest BCUT2D eigenvalue weighted by Crippen LogP contribution is -2.03. The molecular weight excluding hydrogens is 262 g/mol. The molecule has 0 heterocycles. The molecule has 110 valence electrons. The fraction of sp³-hybridized carbons (Fsp3) is 0.278. The van der Waals surface area contributed by atoms with Gasteiger partial charge in [-0.25, -0.2) is 0 Å². The molecule has 21 heavy (non-hydrogen) atoms. The van der Waals surface area contributed by atoms with E-state index in [1.165, 1.54) is 11.1 Å². The van der Waals surface area contributed by atoms with Gasteiger partial charge in [0.2, 0.25) is 0 Å². The average Bonchev–Trinajstić information content (AvgIpc) is 2.52. The highest BCUT2D eigenvalue weighted by atomic mass is 16.4. The SMILES string of the molecule is O=C(O)CCCCCNc1ccccc1-c1ccccc1. The van der Waals surface area contributed by atoms with Crippen LogP contribution < -0.4 is 5.32 Å². The number of carboxylic acid groups (broad SMARTS) is 1. The van der Waals surface area contributed by atoms with E-state index in [2.05, 4.69) is 29.6 Å². The number of carboxylic acids is 1. The molecule has 0 aromatic heterocycles. The normalized spacial score (nSPS) is 10.3. The van der Waals surface area contributed by atoms with Gasteiger partial charge in [0.25, 0.3) is 0 Å². The molecule has 0 fully saturated rings. The van der Waals surface area contributed by atoms with Crippen molar-refractivity contribution in [3.63, 3.8) is 0 Å². The number of hydrogen-bond donors (Lipinski definition) is 2. The molecule has 0 atom stereocenters. The Morgan fingerprint density at radius 1 is 0.905 bits per heavy atom. The fourth-order valence-electron chi connectivity index (χ4n) is 2.31. The smallest absolute Gasteiger partial charge is 0.303 e. The van der Waals surface area contributed by atoms with Gasteiger partial charge in [0.05, 0.1) is 0 Å². The van der Waals surface area contributed by atoms with Crippen molar-refractivity contribution in [2.24, 2.45) is 0 Å². The van der Waals surface area contributed by atoms with Gasteiger partial charge in [-0.15, -0.1) is 0 Å². The van der Waals surface area contributed by atoms with Crippen LogP contribution >= 0.6 is 0 Å². The van der Waals surface area contributed by atoms with Crippen LogP contribution in [0.1, 0.15) is 25.7 Å². The highest BCUT2D eigenvalue weighted by Gasteiger charge is 2.03. The topological polar surface area (TPSA) is 49.3 Å². The van der Waals surface area contributed by atoms with Crippen LogP contribution in [0.5, 0.6) is 0 Å². The van der Waals surface area contributed by atoms with Crippen molar-refractivity contribution in [1.29, 1.82) is 0 Å². The summed E-state index contributed by atoms with van der Waals surface area (Å²) in [5.74, 6) is -0.711. The predicted molar refractivity (Wildman–Crippen MR) is 86.5 cm³/mol. The standard InChI is InChI=1S/C18H21NO2/c20-18(21)13-5-2-8-14-19-17-12-7-6-11-16(17)15-9-3-1-4-10-15/h1,3-4,6-7,9-12,19H,2,5,8,13-14H2,(H,20,21). The van der Waals surface area contributed by atoms with Gasteiger partial charge in [-0.1, -0.05) is 55.0 Å². The number of aliphatic carboxylic acids is 1. The minimum absolute atomic E-state index is 0.264. The molecule has 2 aromatic carbocycles. The van der Waals surface area contributed by atoms with Gasteiger partial charge >= 0.3 is 5.97 Å². The van der Waals surface area contributed by atoms with Crippen LogP contribution in [-0.2, 0) is 4.79 Å². The number of carbonyl (C=O) groups is 1. The van der Waals surface area contributed by atoms with E-state index in [0.29, 0.717) is 0 Å². The maximum atomic E-state index is 10.4. The van der Waals surface area contributed by atoms with Crippen LogP contribution in [-0.4, -0.2) is 17.6 Å². The highest BCUT2D eigenvalue weighted by molar-refractivity contribution is 5.77. The Balaban J connectivity index is 1.88. The molecule has 0 aliphatic carbocycles. The van der Waals surface area contributed by atoms with Crippen LogP contribution in [0.4, 0.5) is 5.69 Å². The lowest BCUT2D eigenvalue weighted by molar-refractivity contribution is -0.137. The van der Waals surface area contributed by atoms with Gasteiger partial charge in [-0.3, -0.25) is 4.79 Å². The first kappa shape index (κ1) is 15.1.